The summed E-state index contributed by atoms with van der Waals surface area (Å²) in [4.78, 5) is 12.8. The molecule has 0 unspecified atom stereocenters. The molecule has 0 bridgehead atoms. The number of hydrogen-bond acceptors (Lipinski definition) is 4. The highest BCUT2D eigenvalue weighted by Crippen LogP contribution is 2.42. The fourth-order valence-corrected chi connectivity index (χ4v) is 3.23. The summed E-state index contributed by atoms with van der Waals surface area (Å²) in [6.45, 7) is 0. The summed E-state index contributed by atoms with van der Waals surface area (Å²) in [6, 6.07) is 5.51. The highest BCUT2D eigenvalue weighted by molar-refractivity contribution is 9.10. The molecule has 0 saturated heterocycles. The van der Waals surface area contributed by atoms with E-state index in [1.807, 2.05) is 12.1 Å². The van der Waals surface area contributed by atoms with Crippen molar-refractivity contribution < 1.29 is 13.5 Å². The normalized spacial score (nSPS) is 14.1. The zero-order valence-corrected chi connectivity index (χ0v) is 13.6. The third-order valence-electron chi connectivity index (χ3n) is 3.59. The van der Waals surface area contributed by atoms with Gasteiger partial charge in [-0.25, -0.2) is 0 Å². The van der Waals surface area contributed by atoms with Crippen LogP contribution in [0.25, 0.3) is 0 Å². The van der Waals surface area contributed by atoms with Crippen LogP contribution in [0.3, 0.4) is 0 Å². The lowest BCUT2D eigenvalue weighted by Gasteiger charge is -2.08. The van der Waals surface area contributed by atoms with Crippen molar-refractivity contribution in [3.05, 3.63) is 51.3 Å². The maximum absolute atomic E-state index is 12.8. The van der Waals surface area contributed by atoms with Crippen molar-refractivity contribution in [3.8, 4) is 0 Å². The number of benzene rings is 1. The highest BCUT2D eigenvalue weighted by atomic mass is 79.9. The van der Waals surface area contributed by atoms with Crippen LogP contribution >= 0.6 is 15.9 Å². The minimum absolute atomic E-state index is 0.0784. The maximum Gasteiger partial charge on any atom is 0.459 e. The van der Waals surface area contributed by atoms with Crippen LogP contribution in [0.15, 0.2) is 33.4 Å². The molecule has 6 heteroatoms. The smallest absolute Gasteiger partial charge is 0.360 e. The topological polar surface area (TPSA) is 60.2 Å². The van der Waals surface area contributed by atoms with Gasteiger partial charge in [0.25, 0.3) is 0 Å². The molecule has 108 valence electrons. The lowest BCUT2D eigenvalue weighted by molar-refractivity contribution is 0.103. The van der Waals surface area contributed by atoms with Gasteiger partial charge in [0.2, 0.25) is 5.75 Å². The van der Waals surface area contributed by atoms with Gasteiger partial charge in [0, 0.05) is 26.6 Å². The summed E-state index contributed by atoms with van der Waals surface area (Å²) >= 11 is 3.99. The number of nitrogens with zero attached hydrogens (tertiary/aromatic N) is 1. The van der Waals surface area contributed by atoms with Crippen molar-refractivity contribution in [2.45, 2.75) is 25.2 Å². The maximum atomic E-state index is 12.8. The fraction of sp³-hybridized carbons (Fsp3) is 0.333. The summed E-state index contributed by atoms with van der Waals surface area (Å²) in [7, 11) is 0. The van der Waals surface area contributed by atoms with Crippen molar-refractivity contribution >= 4 is 33.4 Å². The molecule has 0 N–H and O–H groups in total. The van der Waals surface area contributed by atoms with E-state index >= 15 is 0 Å². The number of hydrogen-bond donors (Lipinski definition) is 0. The van der Waals surface area contributed by atoms with Crippen LogP contribution in [0.1, 0.15) is 46.0 Å². The second-order valence-electron chi connectivity index (χ2n) is 5.05. The van der Waals surface area contributed by atoms with E-state index in [1.54, 1.807) is 6.07 Å². The molecule has 0 radical (unpaired) electrons. The van der Waals surface area contributed by atoms with E-state index in [9.17, 15) is 9.00 Å². The van der Waals surface area contributed by atoms with Crippen molar-refractivity contribution in [2.24, 2.45) is 0 Å². The molecule has 0 aliphatic heterocycles. The van der Waals surface area contributed by atoms with Crippen LogP contribution in [0.2, 0.25) is 0 Å². The van der Waals surface area contributed by atoms with E-state index in [0.29, 0.717) is 46.6 Å². The summed E-state index contributed by atoms with van der Waals surface area (Å²) in [5.41, 5.74) is 2.03. The largest absolute Gasteiger partial charge is 0.459 e. The first-order chi connectivity index (χ1) is 10.2. The summed E-state index contributed by atoms with van der Waals surface area (Å²) in [5.74, 6) is 1.39. The van der Waals surface area contributed by atoms with Gasteiger partial charge >= 0.3 is 11.7 Å². The Labute approximate surface area is 134 Å². The van der Waals surface area contributed by atoms with Crippen molar-refractivity contribution in [1.29, 1.82) is 0 Å². The molecule has 1 heterocycles. The molecule has 1 aromatic heterocycles. The van der Waals surface area contributed by atoms with Crippen molar-refractivity contribution in [2.75, 3.05) is 5.75 Å². The zero-order chi connectivity index (χ0) is 14.8. The van der Waals surface area contributed by atoms with Gasteiger partial charge in [-0.15, -0.1) is 0 Å². The first kappa shape index (κ1) is 14.5. The molecule has 21 heavy (non-hydrogen) atoms. The van der Waals surface area contributed by atoms with Gasteiger partial charge in [-0.1, -0.05) is 33.2 Å². The Kier molecular flexibility index (Phi) is 4.26. The minimum atomic E-state index is -0.0784. The first-order valence-electron chi connectivity index (χ1n) is 6.73. The fourth-order valence-electron chi connectivity index (χ4n) is 2.37. The Morgan fingerprint density at radius 3 is 2.90 bits per heavy atom. The predicted molar refractivity (Wildman–Crippen MR) is 82.7 cm³/mol. The number of aromatic nitrogens is 1. The van der Waals surface area contributed by atoms with Gasteiger partial charge in [0.1, 0.15) is 0 Å². The van der Waals surface area contributed by atoms with Crippen LogP contribution in [0.5, 0.6) is 0 Å². The van der Waals surface area contributed by atoms with Gasteiger partial charge < -0.3 is 4.52 Å². The highest BCUT2D eigenvalue weighted by Gasteiger charge is 2.33. The molecule has 1 fully saturated rings. The standard InChI is InChI=1S/C15H13BrNO3S/c16-13-3-1-2-11(10(13)6-7-21-19)14(18)12-8-17-20-15(12)9-4-5-9/h1-3,8-9H,4-7H2/q+1. The quantitative estimate of drug-likeness (QED) is 0.579. The lowest BCUT2D eigenvalue weighted by atomic mass is 9.96. The third kappa shape index (κ3) is 2.96. The molecule has 0 amide bonds. The number of halogens is 1. The molecule has 3 rings (SSSR count). The SMILES string of the molecule is O=[S+]CCc1c(Br)cccc1C(=O)c1cnoc1C1CC1. The summed E-state index contributed by atoms with van der Waals surface area (Å²) < 4.78 is 16.8. The minimum Gasteiger partial charge on any atom is -0.360 e. The van der Waals surface area contributed by atoms with Crippen molar-refractivity contribution in [3.63, 3.8) is 0 Å². The molecule has 0 atom stereocenters. The van der Waals surface area contributed by atoms with E-state index in [4.69, 9.17) is 4.52 Å². The van der Waals surface area contributed by atoms with Crippen LogP contribution < -0.4 is 0 Å². The van der Waals surface area contributed by atoms with Crippen LogP contribution in [0.4, 0.5) is 0 Å². The zero-order valence-electron chi connectivity index (χ0n) is 11.2. The molecule has 0 spiro atoms. The molecule has 2 aromatic rings. The third-order valence-corrected chi connectivity index (χ3v) is 4.70. The molecule has 1 aliphatic carbocycles. The molecule has 4 nitrogen and oxygen atoms in total. The van der Waals surface area contributed by atoms with Gasteiger partial charge in [0.15, 0.2) is 11.5 Å². The number of carbonyl (C=O) groups is 1. The average Bonchev–Trinajstić information content (AvgIpc) is 3.22. The second kappa shape index (κ2) is 6.15. The van der Waals surface area contributed by atoms with E-state index in [1.165, 1.54) is 6.20 Å². The molecule has 1 saturated carbocycles. The Morgan fingerprint density at radius 2 is 2.19 bits per heavy atom. The van der Waals surface area contributed by atoms with Gasteiger partial charge in [-0.3, -0.25) is 4.79 Å². The van der Waals surface area contributed by atoms with Crippen LogP contribution in [-0.4, -0.2) is 16.7 Å². The Morgan fingerprint density at radius 1 is 1.38 bits per heavy atom. The number of carbonyl (C=O) groups excluding carboxylic acids is 1. The van der Waals surface area contributed by atoms with E-state index < -0.39 is 0 Å². The molecular weight excluding hydrogens is 354 g/mol. The van der Waals surface area contributed by atoms with E-state index in [2.05, 4.69) is 21.1 Å². The van der Waals surface area contributed by atoms with Crippen LogP contribution in [-0.2, 0) is 22.3 Å². The monoisotopic (exact) mass is 366 g/mol. The van der Waals surface area contributed by atoms with Gasteiger partial charge in [-0.2, -0.15) is 0 Å². The Hall–Kier alpha value is -1.40. The van der Waals surface area contributed by atoms with Crippen LogP contribution in [0, 0.1) is 0 Å². The van der Waals surface area contributed by atoms with E-state index in [-0.39, 0.29) is 5.78 Å². The molecule has 1 aromatic carbocycles. The van der Waals surface area contributed by atoms with Gasteiger partial charge in [-0.05, 0) is 24.5 Å². The summed E-state index contributed by atoms with van der Waals surface area (Å²) in [6.07, 6.45) is 4.16. The molecular formula is C15H13BrNO3S+. The molecule has 1 aliphatic rings. The van der Waals surface area contributed by atoms with Gasteiger partial charge in [0.05, 0.1) is 11.8 Å². The first-order valence-corrected chi connectivity index (χ1v) is 8.44. The summed E-state index contributed by atoms with van der Waals surface area (Å²) in [5, 5.41) is 3.78. The van der Waals surface area contributed by atoms with Crippen molar-refractivity contribution in [1.82, 2.24) is 5.16 Å². The predicted octanol–water partition coefficient (Wildman–Crippen LogP) is 3.52. The lowest BCUT2D eigenvalue weighted by Crippen LogP contribution is -2.08. The average molecular weight is 367 g/mol. The number of ketones is 1. The number of rotatable bonds is 6. The second-order valence-corrected chi connectivity index (χ2v) is 6.54. The van der Waals surface area contributed by atoms with E-state index in [0.717, 1.165) is 22.9 Å². The Bertz CT molecular complexity index is 694. The Balaban J connectivity index is 1.99.